The van der Waals surface area contributed by atoms with Crippen molar-refractivity contribution >= 4 is 5.78 Å². The maximum absolute atomic E-state index is 12.8. The lowest BCUT2D eigenvalue weighted by atomic mass is 9.97. The number of fused-ring (bicyclic) bond motifs is 1. The molecule has 3 rings (SSSR count). The molecule has 0 fully saturated rings. The zero-order valence-corrected chi connectivity index (χ0v) is 14.8. The van der Waals surface area contributed by atoms with Gasteiger partial charge in [-0.25, -0.2) is 0 Å². The van der Waals surface area contributed by atoms with Crippen LogP contribution in [0.1, 0.15) is 39.5 Å². The van der Waals surface area contributed by atoms with E-state index in [1.807, 2.05) is 32.9 Å². The Bertz CT molecular complexity index is 751. The van der Waals surface area contributed by atoms with Gasteiger partial charge in [-0.05, 0) is 61.6 Å². The maximum atomic E-state index is 12.8. The first-order valence-electron chi connectivity index (χ1n) is 8.65. The molecule has 2 aromatic rings. The standard InChI is InChI=1S/C21H25NO2/c1-4-24-21-10-9-19(15(2)16(21)3)20(23)14-22-12-11-17-7-5-6-8-18(17)13-22/h5-10H,4,11-14H2,1-3H3. The van der Waals surface area contributed by atoms with Gasteiger partial charge in [0.15, 0.2) is 5.78 Å². The molecule has 1 aliphatic rings. The summed E-state index contributed by atoms with van der Waals surface area (Å²) in [5, 5.41) is 0. The van der Waals surface area contributed by atoms with Crippen LogP contribution >= 0.6 is 0 Å². The molecule has 126 valence electrons. The highest BCUT2D eigenvalue weighted by Gasteiger charge is 2.20. The number of Topliss-reactive ketones (excluding diaryl/α,β-unsaturated/α-hetero) is 1. The molecule has 0 amide bonds. The lowest BCUT2D eigenvalue weighted by Gasteiger charge is -2.28. The van der Waals surface area contributed by atoms with Crippen LogP contribution in [0.5, 0.6) is 5.75 Å². The van der Waals surface area contributed by atoms with Gasteiger partial charge in [-0.1, -0.05) is 24.3 Å². The molecule has 2 aromatic carbocycles. The van der Waals surface area contributed by atoms with Crippen LogP contribution in [0, 0.1) is 13.8 Å². The third-order valence-electron chi connectivity index (χ3n) is 4.91. The number of rotatable bonds is 5. The van der Waals surface area contributed by atoms with E-state index in [9.17, 15) is 4.79 Å². The number of carbonyl (C=O) groups excluding carboxylic acids is 1. The average molecular weight is 323 g/mol. The SMILES string of the molecule is CCOc1ccc(C(=O)CN2CCc3ccccc3C2)c(C)c1C. The van der Waals surface area contributed by atoms with E-state index in [2.05, 4.69) is 29.2 Å². The summed E-state index contributed by atoms with van der Waals surface area (Å²) in [6, 6.07) is 12.3. The number of ketones is 1. The maximum Gasteiger partial charge on any atom is 0.177 e. The van der Waals surface area contributed by atoms with E-state index in [-0.39, 0.29) is 5.78 Å². The number of hydrogen-bond acceptors (Lipinski definition) is 3. The lowest BCUT2D eigenvalue weighted by molar-refractivity contribution is 0.0921. The minimum atomic E-state index is 0.193. The van der Waals surface area contributed by atoms with Crippen molar-refractivity contribution in [1.82, 2.24) is 4.90 Å². The summed E-state index contributed by atoms with van der Waals surface area (Å²) in [7, 11) is 0. The summed E-state index contributed by atoms with van der Waals surface area (Å²) in [5.41, 5.74) is 5.66. The minimum absolute atomic E-state index is 0.193. The molecule has 0 aliphatic carbocycles. The second-order valence-corrected chi connectivity index (χ2v) is 6.45. The van der Waals surface area contributed by atoms with Crippen molar-refractivity contribution in [2.75, 3.05) is 19.7 Å². The Morgan fingerprint density at radius 2 is 1.83 bits per heavy atom. The van der Waals surface area contributed by atoms with Crippen molar-refractivity contribution < 1.29 is 9.53 Å². The van der Waals surface area contributed by atoms with Crippen molar-refractivity contribution in [2.24, 2.45) is 0 Å². The van der Waals surface area contributed by atoms with E-state index in [4.69, 9.17) is 4.74 Å². The molecule has 0 aromatic heterocycles. The van der Waals surface area contributed by atoms with Crippen LogP contribution in [0.3, 0.4) is 0 Å². The highest BCUT2D eigenvalue weighted by Crippen LogP contribution is 2.25. The number of hydrogen-bond donors (Lipinski definition) is 0. The van der Waals surface area contributed by atoms with Gasteiger partial charge in [0.25, 0.3) is 0 Å². The van der Waals surface area contributed by atoms with Crippen molar-refractivity contribution in [1.29, 1.82) is 0 Å². The normalized spacial score (nSPS) is 14.3. The molecule has 0 saturated heterocycles. The van der Waals surface area contributed by atoms with Crippen LogP contribution < -0.4 is 4.74 Å². The van der Waals surface area contributed by atoms with Gasteiger partial charge < -0.3 is 4.74 Å². The Morgan fingerprint density at radius 3 is 2.58 bits per heavy atom. The summed E-state index contributed by atoms with van der Waals surface area (Å²) >= 11 is 0. The molecule has 3 heteroatoms. The first-order chi connectivity index (χ1) is 11.6. The smallest absolute Gasteiger partial charge is 0.177 e. The molecule has 1 heterocycles. The third-order valence-corrected chi connectivity index (χ3v) is 4.91. The summed E-state index contributed by atoms with van der Waals surface area (Å²) in [6.45, 7) is 8.92. The number of carbonyl (C=O) groups is 1. The van der Waals surface area contributed by atoms with E-state index in [0.717, 1.165) is 42.0 Å². The predicted molar refractivity (Wildman–Crippen MR) is 96.8 cm³/mol. The monoisotopic (exact) mass is 323 g/mol. The second kappa shape index (κ2) is 7.18. The highest BCUT2D eigenvalue weighted by atomic mass is 16.5. The van der Waals surface area contributed by atoms with Crippen molar-refractivity contribution in [3.63, 3.8) is 0 Å². The lowest BCUT2D eigenvalue weighted by Crippen LogP contribution is -2.35. The fourth-order valence-corrected chi connectivity index (χ4v) is 3.39. The Balaban J connectivity index is 1.73. The van der Waals surface area contributed by atoms with Gasteiger partial charge >= 0.3 is 0 Å². The largest absolute Gasteiger partial charge is 0.494 e. The summed E-state index contributed by atoms with van der Waals surface area (Å²) in [6.07, 6.45) is 1.02. The molecule has 0 unspecified atom stereocenters. The zero-order chi connectivity index (χ0) is 17.1. The molecule has 3 nitrogen and oxygen atoms in total. The van der Waals surface area contributed by atoms with E-state index in [1.54, 1.807) is 0 Å². The molecule has 0 N–H and O–H groups in total. The highest BCUT2D eigenvalue weighted by molar-refractivity contribution is 5.99. The molecule has 0 spiro atoms. The van der Waals surface area contributed by atoms with Gasteiger partial charge in [0.2, 0.25) is 0 Å². The molecule has 0 radical (unpaired) electrons. The van der Waals surface area contributed by atoms with Crippen LogP contribution in [0.15, 0.2) is 36.4 Å². The summed E-state index contributed by atoms with van der Waals surface area (Å²) in [5.74, 6) is 1.07. The van der Waals surface area contributed by atoms with Gasteiger partial charge in [0, 0.05) is 18.7 Å². The van der Waals surface area contributed by atoms with Crippen LogP contribution in [-0.4, -0.2) is 30.4 Å². The molecule has 1 aliphatic heterocycles. The molecule has 0 atom stereocenters. The molecular weight excluding hydrogens is 298 g/mol. The fraction of sp³-hybridized carbons (Fsp3) is 0.381. The van der Waals surface area contributed by atoms with E-state index < -0.39 is 0 Å². The molecular formula is C21H25NO2. The first-order valence-corrected chi connectivity index (χ1v) is 8.65. The van der Waals surface area contributed by atoms with Crippen LogP contribution in [0.25, 0.3) is 0 Å². The number of ether oxygens (including phenoxy) is 1. The number of nitrogens with zero attached hydrogens (tertiary/aromatic N) is 1. The summed E-state index contributed by atoms with van der Waals surface area (Å²) in [4.78, 5) is 15.0. The van der Waals surface area contributed by atoms with E-state index in [0.29, 0.717) is 13.2 Å². The quantitative estimate of drug-likeness (QED) is 0.781. The van der Waals surface area contributed by atoms with Crippen molar-refractivity contribution in [2.45, 2.75) is 33.7 Å². The number of benzene rings is 2. The van der Waals surface area contributed by atoms with Gasteiger partial charge in [-0.2, -0.15) is 0 Å². The molecule has 0 bridgehead atoms. The van der Waals surface area contributed by atoms with Gasteiger partial charge in [0.05, 0.1) is 13.2 Å². The van der Waals surface area contributed by atoms with Gasteiger partial charge in [0.1, 0.15) is 5.75 Å². The molecule has 24 heavy (non-hydrogen) atoms. The Labute approximate surface area is 144 Å². The van der Waals surface area contributed by atoms with E-state index in [1.165, 1.54) is 11.1 Å². The van der Waals surface area contributed by atoms with Crippen molar-refractivity contribution in [3.05, 3.63) is 64.2 Å². The Hall–Kier alpha value is -2.13. The van der Waals surface area contributed by atoms with Crippen LogP contribution in [0.2, 0.25) is 0 Å². The molecule has 0 saturated carbocycles. The Morgan fingerprint density at radius 1 is 1.08 bits per heavy atom. The zero-order valence-electron chi connectivity index (χ0n) is 14.8. The average Bonchev–Trinajstić information content (AvgIpc) is 2.59. The van der Waals surface area contributed by atoms with Gasteiger partial charge in [-0.15, -0.1) is 0 Å². The summed E-state index contributed by atoms with van der Waals surface area (Å²) < 4.78 is 5.62. The topological polar surface area (TPSA) is 29.5 Å². The predicted octanol–water partition coefficient (Wildman–Crippen LogP) is 3.94. The van der Waals surface area contributed by atoms with Crippen molar-refractivity contribution in [3.8, 4) is 5.75 Å². The van der Waals surface area contributed by atoms with Crippen LogP contribution in [-0.2, 0) is 13.0 Å². The van der Waals surface area contributed by atoms with Crippen LogP contribution in [0.4, 0.5) is 0 Å². The Kier molecular flexibility index (Phi) is 5.00. The van der Waals surface area contributed by atoms with E-state index >= 15 is 0 Å². The third kappa shape index (κ3) is 3.36. The second-order valence-electron chi connectivity index (χ2n) is 6.45. The first kappa shape index (κ1) is 16.7. The fourth-order valence-electron chi connectivity index (χ4n) is 3.39. The minimum Gasteiger partial charge on any atom is -0.494 e. The van der Waals surface area contributed by atoms with Gasteiger partial charge in [-0.3, -0.25) is 9.69 Å².